The number of hydrogen-bond acceptors (Lipinski definition) is 4. The second-order valence-corrected chi connectivity index (χ2v) is 6.47. The lowest BCUT2D eigenvalue weighted by Crippen LogP contribution is -2.37. The van der Waals surface area contributed by atoms with E-state index < -0.39 is 0 Å². The summed E-state index contributed by atoms with van der Waals surface area (Å²) in [6, 6.07) is 7.59. The van der Waals surface area contributed by atoms with E-state index in [1.54, 1.807) is 17.3 Å². The van der Waals surface area contributed by atoms with Crippen molar-refractivity contribution in [1.82, 2.24) is 15.2 Å². The van der Waals surface area contributed by atoms with E-state index in [9.17, 15) is 9.59 Å². The van der Waals surface area contributed by atoms with Gasteiger partial charge in [0.15, 0.2) is 0 Å². The van der Waals surface area contributed by atoms with Crippen LogP contribution in [0.1, 0.15) is 27.0 Å². The molecule has 6 nitrogen and oxygen atoms in total. The summed E-state index contributed by atoms with van der Waals surface area (Å²) in [6.07, 6.45) is 4.16. The number of nitrogens with zero attached hydrogens (tertiary/aromatic N) is 2. The highest BCUT2D eigenvalue weighted by Gasteiger charge is 2.25. The van der Waals surface area contributed by atoms with Gasteiger partial charge >= 0.3 is 6.09 Å². The van der Waals surface area contributed by atoms with Crippen molar-refractivity contribution >= 4 is 23.6 Å². The van der Waals surface area contributed by atoms with Gasteiger partial charge in [0.2, 0.25) is 0 Å². The molecule has 2 aromatic rings. The predicted octanol–water partition coefficient (Wildman–Crippen LogP) is 2.83. The maximum atomic E-state index is 12.6. The lowest BCUT2D eigenvalue weighted by atomic mass is 9.97. The van der Waals surface area contributed by atoms with Gasteiger partial charge in [-0.25, -0.2) is 4.79 Å². The summed E-state index contributed by atoms with van der Waals surface area (Å²) in [6.45, 7) is 1.40. The zero-order chi connectivity index (χ0) is 18.5. The van der Waals surface area contributed by atoms with Crippen LogP contribution >= 0.6 is 11.6 Å². The Bertz CT molecular complexity index is 825. The molecule has 7 heteroatoms. The van der Waals surface area contributed by atoms with Gasteiger partial charge < -0.3 is 15.0 Å². The second-order valence-electron chi connectivity index (χ2n) is 6.06. The van der Waals surface area contributed by atoms with Gasteiger partial charge in [-0.15, -0.1) is 0 Å². The third-order valence-electron chi connectivity index (χ3n) is 4.45. The molecule has 0 unspecified atom stereocenters. The zero-order valence-corrected chi connectivity index (χ0v) is 15.3. The van der Waals surface area contributed by atoms with E-state index in [0.717, 1.165) is 16.7 Å². The number of amides is 2. The average molecular weight is 374 g/mol. The average Bonchev–Trinajstić information content (AvgIpc) is 2.67. The number of halogens is 1. The minimum atomic E-state index is -0.370. The number of carbonyl (C=O) groups excluding carboxylic acids is 2. The molecule has 26 heavy (non-hydrogen) atoms. The summed E-state index contributed by atoms with van der Waals surface area (Å²) in [5, 5.41) is 3.62. The highest BCUT2D eigenvalue weighted by Crippen LogP contribution is 2.22. The molecule has 1 N–H and O–H groups in total. The Morgan fingerprint density at radius 3 is 2.88 bits per heavy atom. The largest absolute Gasteiger partial charge is 0.453 e. The molecule has 1 aliphatic rings. The van der Waals surface area contributed by atoms with Gasteiger partial charge in [0.05, 0.1) is 19.2 Å². The van der Waals surface area contributed by atoms with E-state index in [-0.39, 0.29) is 12.0 Å². The minimum Gasteiger partial charge on any atom is -0.453 e. The van der Waals surface area contributed by atoms with Crippen LogP contribution in [0.2, 0.25) is 5.02 Å². The van der Waals surface area contributed by atoms with E-state index in [4.69, 9.17) is 16.3 Å². The number of hydrogen-bond donors (Lipinski definition) is 1. The fourth-order valence-corrected chi connectivity index (χ4v) is 3.31. The summed E-state index contributed by atoms with van der Waals surface area (Å²) in [7, 11) is 1.36. The normalized spacial score (nSPS) is 13.1. The number of carbonyl (C=O) groups is 2. The minimum absolute atomic E-state index is 0.159. The van der Waals surface area contributed by atoms with Crippen molar-refractivity contribution in [2.75, 3.05) is 20.2 Å². The Kier molecular flexibility index (Phi) is 5.73. The topological polar surface area (TPSA) is 71.5 Å². The number of fused-ring (bicyclic) bond motifs is 1. The van der Waals surface area contributed by atoms with Crippen LogP contribution in [0.25, 0.3) is 0 Å². The fourth-order valence-electron chi connectivity index (χ4n) is 3.08. The van der Waals surface area contributed by atoms with Crippen LogP contribution in [-0.2, 0) is 24.1 Å². The number of ether oxygens (including phenoxy) is 1. The van der Waals surface area contributed by atoms with E-state index in [0.29, 0.717) is 43.1 Å². The van der Waals surface area contributed by atoms with Crippen LogP contribution in [0.5, 0.6) is 0 Å². The maximum absolute atomic E-state index is 12.6. The number of methoxy groups -OCH3 is 1. The quantitative estimate of drug-likeness (QED) is 0.894. The number of rotatable bonds is 4. The van der Waals surface area contributed by atoms with Gasteiger partial charge in [0.1, 0.15) is 0 Å². The predicted molar refractivity (Wildman–Crippen MR) is 98.2 cm³/mol. The first-order chi connectivity index (χ1) is 12.6. The molecule has 0 bridgehead atoms. The van der Waals surface area contributed by atoms with Gasteiger partial charge in [0, 0.05) is 30.5 Å². The van der Waals surface area contributed by atoms with Crippen molar-refractivity contribution in [3.63, 3.8) is 0 Å². The summed E-state index contributed by atoms with van der Waals surface area (Å²) in [5.41, 5.74) is 3.37. The standard InChI is InChI=1S/C19H20ClN3O3/c1-26-19(25)23-9-7-15-14(12-23)10-21-11-16(15)18(24)22-8-6-13-4-2-3-5-17(13)20/h2-5,10-11H,6-9,12H2,1H3,(H,22,24). The van der Waals surface area contributed by atoms with Gasteiger partial charge in [0.25, 0.3) is 5.91 Å². The first-order valence-corrected chi connectivity index (χ1v) is 8.78. The Balaban J connectivity index is 1.66. The molecule has 1 aromatic heterocycles. The summed E-state index contributed by atoms with van der Waals surface area (Å²) < 4.78 is 4.76. The second kappa shape index (κ2) is 8.19. The first kappa shape index (κ1) is 18.2. The van der Waals surface area contributed by atoms with E-state index in [2.05, 4.69) is 10.3 Å². The Hall–Kier alpha value is -2.60. The summed E-state index contributed by atoms with van der Waals surface area (Å²) in [4.78, 5) is 30.0. The zero-order valence-electron chi connectivity index (χ0n) is 14.5. The van der Waals surface area contributed by atoms with Gasteiger partial charge in [-0.05, 0) is 35.6 Å². The van der Waals surface area contributed by atoms with Crippen molar-refractivity contribution in [2.24, 2.45) is 0 Å². The molecule has 0 aliphatic carbocycles. The van der Waals surface area contributed by atoms with Crippen LogP contribution in [0.15, 0.2) is 36.7 Å². The lowest BCUT2D eigenvalue weighted by molar-refractivity contribution is 0.0951. The van der Waals surface area contributed by atoms with Crippen LogP contribution in [0, 0.1) is 0 Å². The molecule has 0 saturated carbocycles. The number of pyridine rings is 1. The first-order valence-electron chi connectivity index (χ1n) is 8.40. The van der Waals surface area contributed by atoms with Gasteiger partial charge in [-0.1, -0.05) is 29.8 Å². The molecule has 0 spiro atoms. The Morgan fingerprint density at radius 1 is 1.31 bits per heavy atom. The van der Waals surface area contributed by atoms with Gasteiger partial charge in [-0.2, -0.15) is 0 Å². The molecule has 2 amide bonds. The molecule has 2 heterocycles. The molecule has 1 aromatic carbocycles. The maximum Gasteiger partial charge on any atom is 0.409 e. The summed E-state index contributed by atoms with van der Waals surface area (Å²) >= 11 is 6.14. The van der Waals surface area contributed by atoms with Crippen LogP contribution in [0.3, 0.4) is 0 Å². The lowest BCUT2D eigenvalue weighted by Gasteiger charge is -2.28. The van der Waals surface area contributed by atoms with Crippen LogP contribution in [-0.4, -0.2) is 42.1 Å². The van der Waals surface area contributed by atoms with Crippen molar-refractivity contribution in [2.45, 2.75) is 19.4 Å². The SMILES string of the molecule is COC(=O)N1CCc2c(cncc2C(=O)NCCc2ccccc2Cl)C1. The third kappa shape index (κ3) is 3.96. The Morgan fingerprint density at radius 2 is 2.12 bits per heavy atom. The molecule has 0 atom stereocenters. The third-order valence-corrected chi connectivity index (χ3v) is 4.82. The molecule has 1 aliphatic heterocycles. The van der Waals surface area contributed by atoms with Crippen molar-refractivity contribution in [1.29, 1.82) is 0 Å². The molecular weight excluding hydrogens is 354 g/mol. The van der Waals surface area contributed by atoms with Crippen molar-refractivity contribution in [3.8, 4) is 0 Å². The van der Waals surface area contributed by atoms with E-state index >= 15 is 0 Å². The van der Waals surface area contributed by atoms with Gasteiger partial charge in [-0.3, -0.25) is 9.78 Å². The van der Waals surface area contributed by atoms with Crippen molar-refractivity contribution < 1.29 is 14.3 Å². The smallest absolute Gasteiger partial charge is 0.409 e. The fraction of sp³-hybridized carbons (Fsp3) is 0.316. The highest BCUT2D eigenvalue weighted by atomic mass is 35.5. The van der Waals surface area contributed by atoms with Crippen LogP contribution in [0.4, 0.5) is 4.79 Å². The monoisotopic (exact) mass is 373 g/mol. The molecule has 0 saturated heterocycles. The molecule has 0 radical (unpaired) electrons. The molecule has 3 rings (SSSR count). The van der Waals surface area contributed by atoms with E-state index in [1.165, 1.54) is 7.11 Å². The Labute approximate surface area is 157 Å². The number of aromatic nitrogens is 1. The molecule has 136 valence electrons. The summed E-state index contributed by atoms with van der Waals surface area (Å²) in [5.74, 6) is -0.159. The number of benzene rings is 1. The number of nitrogens with one attached hydrogen (secondary N) is 1. The van der Waals surface area contributed by atoms with E-state index in [1.807, 2.05) is 24.3 Å². The van der Waals surface area contributed by atoms with Crippen LogP contribution < -0.4 is 5.32 Å². The van der Waals surface area contributed by atoms with Crippen molar-refractivity contribution in [3.05, 3.63) is 63.9 Å². The molecular formula is C19H20ClN3O3. The molecule has 0 fully saturated rings. The highest BCUT2D eigenvalue weighted by molar-refractivity contribution is 6.31.